The van der Waals surface area contributed by atoms with Crippen LogP contribution in [-0.2, 0) is 38.4 Å². The number of carbonyl (C=O) groups is 5. The minimum absolute atomic E-state index is 0.0396. The summed E-state index contributed by atoms with van der Waals surface area (Å²) in [5.74, 6) is 3.31. The highest BCUT2D eigenvalue weighted by atomic mass is 16.4. The number of aromatic nitrogens is 1. The topological polar surface area (TPSA) is 164 Å². The Morgan fingerprint density at radius 3 is 2.20 bits per heavy atom. The van der Waals surface area contributed by atoms with Gasteiger partial charge in [-0.1, -0.05) is 78.6 Å². The second kappa shape index (κ2) is 19.4. The lowest BCUT2D eigenvalue weighted by atomic mass is 10.0. The average molecular weight is 696 g/mol. The number of likely N-dealkylation sites (tertiary alicyclic amines) is 1. The molecule has 0 radical (unpaired) electrons. The molecule has 1 aliphatic heterocycles. The number of rotatable bonds is 14. The van der Waals surface area contributed by atoms with Gasteiger partial charge in [-0.2, -0.15) is 0 Å². The number of amides is 5. The first-order valence-electron chi connectivity index (χ1n) is 16.9. The van der Waals surface area contributed by atoms with E-state index in [1.165, 1.54) is 4.90 Å². The van der Waals surface area contributed by atoms with Crippen LogP contribution in [0.2, 0.25) is 0 Å². The van der Waals surface area contributed by atoms with Gasteiger partial charge in [0.05, 0.1) is 19.4 Å². The summed E-state index contributed by atoms with van der Waals surface area (Å²) in [6.07, 6.45) is 4.13. The molecule has 1 aromatic heterocycles. The molecule has 51 heavy (non-hydrogen) atoms. The molecule has 4 N–H and O–H groups in total. The molecule has 1 saturated heterocycles. The van der Waals surface area contributed by atoms with E-state index in [0.717, 1.165) is 16.1 Å². The molecule has 0 aliphatic carbocycles. The summed E-state index contributed by atoms with van der Waals surface area (Å²) in [6.45, 7) is 0.606. The lowest BCUT2D eigenvalue weighted by Crippen LogP contribution is -2.58. The van der Waals surface area contributed by atoms with Gasteiger partial charge in [-0.15, -0.1) is 0 Å². The molecule has 3 aromatic rings. The minimum Gasteiger partial charge on any atom is -0.481 e. The number of nitrogens with zero attached hydrogens (tertiary/aromatic N) is 4. The Hall–Kier alpha value is -5.74. The van der Waals surface area contributed by atoms with E-state index in [1.54, 1.807) is 24.5 Å². The Labute approximate surface area is 298 Å². The molecule has 1 fully saturated rings. The predicted molar refractivity (Wildman–Crippen MR) is 191 cm³/mol. The fourth-order valence-corrected chi connectivity index (χ4v) is 5.72. The molecule has 5 amide bonds. The van der Waals surface area contributed by atoms with E-state index in [0.29, 0.717) is 24.9 Å². The Morgan fingerprint density at radius 2 is 1.55 bits per heavy atom. The smallest absolute Gasteiger partial charge is 0.340 e. The van der Waals surface area contributed by atoms with Crippen LogP contribution in [0.25, 0.3) is 0 Å². The number of aliphatic carboxylic acids is 1. The summed E-state index contributed by atoms with van der Waals surface area (Å²) < 4.78 is 0. The van der Waals surface area contributed by atoms with Gasteiger partial charge in [-0.25, -0.2) is 9.80 Å². The molecule has 3 atom stereocenters. The van der Waals surface area contributed by atoms with E-state index in [9.17, 15) is 29.1 Å². The normalized spacial score (nSPS) is 14.8. The Morgan fingerprint density at radius 1 is 0.882 bits per heavy atom. The van der Waals surface area contributed by atoms with Crippen molar-refractivity contribution in [3.63, 3.8) is 0 Å². The molecule has 0 saturated carbocycles. The molecule has 268 valence electrons. The standard InChI is InChI=1S/C38H45N7O6/c1-43(2)20-9-10-22-45(42-34(46)25-29-15-7-4-8-16-29)38(51)44-21-12-18-33(44)37(50)41-32(24-30-17-11-19-39-27-30)36(49)40-31(26-35(47)48)23-28-13-5-3-6-14-28/h3-8,11,13-17,19,27,31-33H,12,18,20-26H2,1-2H3,(H,40,49)(H,41,50)(H,42,46)(H,47,48)/t31-,32-,33-/m0/s1. The maximum absolute atomic E-state index is 13.9. The van der Waals surface area contributed by atoms with Crippen molar-refractivity contribution in [3.8, 4) is 11.8 Å². The Bertz CT molecular complexity index is 1680. The van der Waals surface area contributed by atoms with Crippen LogP contribution in [-0.4, -0.2) is 106 Å². The zero-order valence-electron chi connectivity index (χ0n) is 29.0. The van der Waals surface area contributed by atoms with Gasteiger partial charge in [0.15, 0.2) is 0 Å². The van der Waals surface area contributed by atoms with Gasteiger partial charge in [0.25, 0.3) is 0 Å². The fourth-order valence-electron chi connectivity index (χ4n) is 5.72. The predicted octanol–water partition coefficient (Wildman–Crippen LogP) is 2.04. The Balaban J connectivity index is 1.51. The van der Waals surface area contributed by atoms with Crippen LogP contribution in [0.1, 0.15) is 36.0 Å². The van der Waals surface area contributed by atoms with E-state index in [4.69, 9.17) is 0 Å². The number of carboxylic acid groups (broad SMARTS) is 1. The zero-order chi connectivity index (χ0) is 36.6. The summed E-state index contributed by atoms with van der Waals surface area (Å²) in [6, 6.07) is 18.5. The third-order valence-corrected chi connectivity index (χ3v) is 8.14. The second-order valence-corrected chi connectivity index (χ2v) is 12.6. The number of carboxylic acids is 1. The van der Waals surface area contributed by atoms with Crippen molar-refractivity contribution in [2.45, 2.75) is 56.7 Å². The largest absolute Gasteiger partial charge is 0.481 e. The highest BCUT2D eigenvalue weighted by Crippen LogP contribution is 2.20. The maximum Gasteiger partial charge on any atom is 0.340 e. The molecular weight excluding hydrogens is 650 g/mol. The van der Waals surface area contributed by atoms with Crippen LogP contribution in [0.4, 0.5) is 4.79 Å². The number of nitrogens with one attached hydrogen (secondary N) is 3. The summed E-state index contributed by atoms with van der Waals surface area (Å²) in [5.41, 5.74) is 4.98. The molecule has 0 spiro atoms. The van der Waals surface area contributed by atoms with E-state index in [-0.39, 0.29) is 38.8 Å². The highest BCUT2D eigenvalue weighted by molar-refractivity contribution is 5.93. The first-order valence-corrected chi connectivity index (χ1v) is 16.9. The van der Waals surface area contributed by atoms with Gasteiger partial charge < -0.3 is 20.6 Å². The van der Waals surface area contributed by atoms with Crippen molar-refractivity contribution in [1.82, 2.24) is 35.9 Å². The third kappa shape index (κ3) is 12.6. The molecule has 4 rings (SSSR count). The number of benzene rings is 2. The van der Waals surface area contributed by atoms with E-state index in [1.807, 2.05) is 79.7 Å². The van der Waals surface area contributed by atoms with Crippen LogP contribution in [0.15, 0.2) is 85.2 Å². The van der Waals surface area contributed by atoms with Crippen LogP contribution in [0.3, 0.4) is 0 Å². The molecule has 2 heterocycles. The van der Waals surface area contributed by atoms with Crippen molar-refractivity contribution in [1.29, 1.82) is 0 Å². The lowest BCUT2D eigenvalue weighted by Gasteiger charge is -2.31. The summed E-state index contributed by atoms with van der Waals surface area (Å²) in [4.78, 5) is 73.7. The molecule has 0 unspecified atom stereocenters. The molecule has 2 aromatic carbocycles. The average Bonchev–Trinajstić information content (AvgIpc) is 3.60. The van der Waals surface area contributed by atoms with Gasteiger partial charge in [0.2, 0.25) is 17.7 Å². The lowest BCUT2D eigenvalue weighted by molar-refractivity contribution is -0.138. The minimum atomic E-state index is -1.09. The molecular formula is C38H45N7O6. The molecule has 1 aliphatic rings. The highest BCUT2D eigenvalue weighted by Gasteiger charge is 2.38. The summed E-state index contributed by atoms with van der Waals surface area (Å²) >= 11 is 0. The van der Waals surface area contributed by atoms with Gasteiger partial charge in [-0.05, 0) is 56.1 Å². The third-order valence-electron chi connectivity index (χ3n) is 8.14. The second-order valence-electron chi connectivity index (χ2n) is 12.6. The van der Waals surface area contributed by atoms with Gasteiger partial charge in [0.1, 0.15) is 18.6 Å². The first kappa shape index (κ1) is 38.1. The quantitative estimate of drug-likeness (QED) is 0.147. The van der Waals surface area contributed by atoms with Crippen molar-refractivity contribution in [2.75, 3.05) is 33.7 Å². The first-order chi connectivity index (χ1) is 24.6. The SMILES string of the molecule is CN(C)CC#CCN(NC(=O)Cc1ccccc1)C(=O)N1CCC[C@H]1C(=O)N[C@@H](Cc1cccnc1)C(=O)N[C@H](CC(=O)O)Cc1ccccc1. The molecule has 0 bridgehead atoms. The number of urea groups is 1. The van der Waals surface area contributed by atoms with Crippen molar-refractivity contribution < 1.29 is 29.1 Å². The van der Waals surface area contributed by atoms with Crippen molar-refractivity contribution >= 4 is 29.7 Å². The van der Waals surface area contributed by atoms with Gasteiger partial charge in [-0.3, -0.25) is 34.5 Å². The van der Waals surface area contributed by atoms with Crippen LogP contribution < -0.4 is 16.1 Å². The number of pyridine rings is 1. The van der Waals surface area contributed by atoms with Crippen molar-refractivity contribution in [3.05, 3.63) is 102 Å². The summed E-state index contributed by atoms with van der Waals surface area (Å²) in [7, 11) is 3.73. The zero-order valence-corrected chi connectivity index (χ0v) is 29.0. The molecule has 13 heteroatoms. The maximum atomic E-state index is 13.9. The van der Waals surface area contributed by atoms with Gasteiger partial charge >= 0.3 is 12.0 Å². The van der Waals surface area contributed by atoms with Crippen LogP contribution in [0.5, 0.6) is 0 Å². The number of hydrogen-bond donors (Lipinski definition) is 4. The summed E-state index contributed by atoms with van der Waals surface area (Å²) in [5, 5.41) is 16.4. The van der Waals surface area contributed by atoms with Crippen molar-refractivity contribution in [2.24, 2.45) is 0 Å². The van der Waals surface area contributed by atoms with E-state index < -0.39 is 47.8 Å². The van der Waals surface area contributed by atoms with Gasteiger partial charge in [0, 0.05) is 31.4 Å². The van der Waals surface area contributed by atoms with Crippen LogP contribution in [0, 0.1) is 11.8 Å². The van der Waals surface area contributed by atoms with Crippen LogP contribution >= 0.6 is 0 Å². The Kier molecular flexibility index (Phi) is 14.5. The fraction of sp³-hybridized carbons (Fsp3) is 0.368. The number of hydrazine groups is 1. The van der Waals surface area contributed by atoms with E-state index >= 15 is 0 Å². The number of carbonyl (C=O) groups excluding carboxylic acids is 4. The monoisotopic (exact) mass is 695 g/mol. The van der Waals surface area contributed by atoms with E-state index in [2.05, 4.69) is 32.9 Å². The number of hydrogen-bond acceptors (Lipinski definition) is 7. The molecule has 13 nitrogen and oxygen atoms in total.